The van der Waals surface area contributed by atoms with Crippen LogP contribution in [-0.2, 0) is 4.74 Å². The second-order valence-electron chi connectivity index (χ2n) is 7.76. The van der Waals surface area contributed by atoms with Crippen molar-refractivity contribution < 1.29 is 9.53 Å². The van der Waals surface area contributed by atoms with Crippen LogP contribution in [0.3, 0.4) is 0 Å². The first kappa shape index (κ1) is 19.2. The summed E-state index contributed by atoms with van der Waals surface area (Å²) in [7, 11) is 0. The van der Waals surface area contributed by atoms with Crippen LogP contribution in [-0.4, -0.2) is 48.3 Å². The normalized spacial score (nSPS) is 16.9. The second-order valence-corrected chi connectivity index (χ2v) is 7.76. The predicted molar refractivity (Wildman–Crippen MR) is 90.9 cm³/mol. The number of ether oxygens (including phenoxy) is 1. The quantitative estimate of drug-likeness (QED) is 0.687. The van der Waals surface area contributed by atoms with Gasteiger partial charge in [-0.25, -0.2) is 4.79 Å². The van der Waals surface area contributed by atoms with Gasteiger partial charge >= 0.3 is 6.09 Å². The molecule has 0 radical (unpaired) electrons. The maximum atomic E-state index is 11.7. The molecule has 0 aliphatic heterocycles. The van der Waals surface area contributed by atoms with E-state index in [1.807, 2.05) is 20.8 Å². The molecule has 22 heavy (non-hydrogen) atoms. The van der Waals surface area contributed by atoms with E-state index in [9.17, 15) is 4.79 Å². The average molecular weight is 313 g/mol. The first-order chi connectivity index (χ1) is 10.2. The summed E-state index contributed by atoms with van der Waals surface area (Å²) in [4.78, 5) is 14.2. The van der Waals surface area contributed by atoms with Gasteiger partial charge in [0, 0.05) is 25.2 Å². The molecule has 0 aromatic heterocycles. The van der Waals surface area contributed by atoms with Gasteiger partial charge in [0.05, 0.1) is 0 Å². The zero-order valence-corrected chi connectivity index (χ0v) is 15.0. The van der Waals surface area contributed by atoms with Gasteiger partial charge in [0.25, 0.3) is 0 Å². The minimum absolute atomic E-state index is 0.344. The van der Waals surface area contributed by atoms with Crippen LogP contribution in [0.4, 0.5) is 4.79 Å². The van der Waals surface area contributed by atoms with Crippen molar-refractivity contribution in [2.45, 2.75) is 78.0 Å². The van der Waals surface area contributed by atoms with Gasteiger partial charge in [0.2, 0.25) is 0 Å². The molecule has 5 heteroatoms. The van der Waals surface area contributed by atoms with Gasteiger partial charge in [-0.05, 0) is 58.9 Å². The third-order valence-corrected chi connectivity index (χ3v) is 3.87. The number of alkyl carbamates (subject to hydrolysis) is 1. The molecule has 0 spiro atoms. The predicted octanol–water partition coefficient (Wildman–Crippen LogP) is 2.74. The first-order valence-corrected chi connectivity index (χ1v) is 8.65. The Balaban J connectivity index is 2.37. The number of nitrogens with zero attached hydrogens (tertiary/aromatic N) is 1. The van der Waals surface area contributed by atoms with Crippen molar-refractivity contribution >= 4 is 6.09 Å². The molecular weight excluding hydrogens is 278 g/mol. The van der Waals surface area contributed by atoms with Crippen LogP contribution in [0, 0.1) is 5.92 Å². The molecule has 0 aromatic carbocycles. The highest BCUT2D eigenvalue weighted by molar-refractivity contribution is 5.67. The Morgan fingerprint density at radius 3 is 2.41 bits per heavy atom. The fourth-order valence-corrected chi connectivity index (χ4v) is 2.55. The van der Waals surface area contributed by atoms with Crippen LogP contribution >= 0.6 is 0 Å². The van der Waals surface area contributed by atoms with Crippen molar-refractivity contribution in [2.75, 3.05) is 19.6 Å². The topological polar surface area (TPSA) is 67.6 Å². The van der Waals surface area contributed by atoms with Crippen LogP contribution in [0.2, 0.25) is 0 Å². The van der Waals surface area contributed by atoms with E-state index in [1.165, 1.54) is 19.3 Å². The third-order valence-electron chi connectivity index (χ3n) is 3.87. The Morgan fingerprint density at radius 2 is 1.95 bits per heavy atom. The lowest BCUT2D eigenvalue weighted by atomic mass is 10.1. The summed E-state index contributed by atoms with van der Waals surface area (Å²) in [6, 6.07) is 1.05. The second kappa shape index (κ2) is 8.73. The van der Waals surface area contributed by atoms with Gasteiger partial charge in [0.1, 0.15) is 5.60 Å². The van der Waals surface area contributed by atoms with E-state index in [2.05, 4.69) is 24.1 Å². The lowest BCUT2D eigenvalue weighted by Crippen LogP contribution is -2.45. The Labute approximate surface area is 135 Å². The number of nitrogens with two attached hydrogens (primary N) is 1. The molecule has 1 atom stereocenters. The zero-order valence-electron chi connectivity index (χ0n) is 15.0. The van der Waals surface area contributed by atoms with Crippen LogP contribution in [0.25, 0.3) is 0 Å². The highest BCUT2D eigenvalue weighted by Crippen LogP contribution is 2.29. The number of rotatable bonds is 9. The number of hydrogen-bond donors (Lipinski definition) is 2. The maximum absolute atomic E-state index is 11.7. The van der Waals surface area contributed by atoms with E-state index in [-0.39, 0.29) is 6.09 Å². The highest BCUT2D eigenvalue weighted by atomic mass is 16.6. The molecule has 5 nitrogen and oxygen atoms in total. The number of hydrogen-bond acceptors (Lipinski definition) is 4. The third kappa shape index (κ3) is 7.99. The molecule has 1 fully saturated rings. The van der Waals surface area contributed by atoms with E-state index in [1.54, 1.807) is 0 Å². The minimum Gasteiger partial charge on any atom is -0.444 e. The number of carbonyl (C=O) groups excluding carboxylic acids is 1. The van der Waals surface area contributed by atoms with Crippen LogP contribution in [0.5, 0.6) is 0 Å². The molecule has 1 aliphatic carbocycles. The molecule has 1 aliphatic rings. The summed E-state index contributed by atoms with van der Waals surface area (Å²) in [5.41, 5.74) is 5.53. The molecule has 0 heterocycles. The van der Waals surface area contributed by atoms with Gasteiger partial charge in [0.15, 0.2) is 0 Å². The highest BCUT2D eigenvalue weighted by Gasteiger charge is 2.33. The number of carbonyl (C=O) groups is 1. The van der Waals surface area contributed by atoms with Crippen molar-refractivity contribution in [1.29, 1.82) is 0 Å². The van der Waals surface area contributed by atoms with Gasteiger partial charge < -0.3 is 15.8 Å². The Hall–Kier alpha value is -0.810. The summed E-state index contributed by atoms with van der Waals surface area (Å²) in [5, 5.41) is 2.84. The van der Waals surface area contributed by atoms with E-state index in [0.717, 1.165) is 13.0 Å². The fourth-order valence-electron chi connectivity index (χ4n) is 2.55. The van der Waals surface area contributed by atoms with E-state index < -0.39 is 5.60 Å². The van der Waals surface area contributed by atoms with Crippen molar-refractivity contribution in [1.82, 2.24) is 10.2 Å². The summed E-state index contributed by atoms with van der Waals surface area (Å²) >= 11 is 0. The Morgan fingerprint density at radius 1 is 1.32 bits per heavy atom. The number of amides is 1. The SMILES string of the molecule is CC(C)CCN(C(CN)CCNC(=O)OC(C)(C)C)C1CC1. The molecule has 0 bridgehead atoms. The van der Waals surface area contributed by atoms with E-state index in [0.29, 0.717) is 31.1 Å². The zero-order chi connectivity index (χ0) is 16.8. The van der Waals surface area contributed by atoms with Crippen LogP contribution in [0.1, 0.15) is 60.3 Å². The van der Waals surface area contributed by atoms with E-state index in [4.69, 9.17) is 10.5 Å². The fraction of sp³-hybridized carbons (Fsp3) is 0.941. The minimum atomic E-state index is -0.450. The molecule has 1 unspecified atom stereocenters. The smallest absolute Gasteiger partial charge is 0.407 e. The molecule has 3 N–H and O–H groups in total. The first-order valence-electron chi connectivity index (χ1n) is 8.65. The Kier molecular flexibility index (Phi) is 7.63. The Bertz CT molecular complexity index is 335. The molecule has 0 aromatic rings. The van der Waals surface area contributed by atoms with E-state index >= 15 is 0 Å². The molecule has 1 saturated carbocycles. The van der Waals surface area contributed by atoms with Crippen molar-refractivity contribution in [3.63, 3.8) is 0 Å². The number of nitrogens with one attached hydrogen (secondary N) is 1. The van der Waals surface area contributed by atoms with Crippen LogP contribution in [0.15, 0.2) is 0 Å². The molecule has 1 amide bonds. The van der Waals surface area contributed by atoms with Crippen molar-refractivity contribution in [2.24, 2.45) is 11.7 Å². The summed E-state index contributed by atoms with van der Waals surface area (Å²) in [6.45, 7) is 12.5. The molecule has 130 valence electrons. The lowest BCUT2D eigenvalue weighted by molar-refractivity contribution is 0.0521. The van der Waals surface area contributed by atoms with Crippen molar-refractivity contribution in [3.05, 3.63) is 0 Å². The van der Waals surface area contributed by atoms with Crippen LogP contribution < -0.4 is 11.1 Å². The molecular formula is C17H35N3O2. The van der Waals surface area contributed by atoms with Crippen molar-refractivity contribution in [3.8, 4) is 0 Å². The van der Waals surface area contributed by atoms with Gasteiger partial charge in [-0.3, -0.25) is 4.90 Å². The maximum Gasteiger partial charge on any atom is 0.407 e. The summed E-state index contributed by atoms with van der Waals surface area (Å²) in [5.74, 6) is 0.708. The molecule has 1 rings (SSSR count). The standard InChI is InChI=1S/C17H35N3O2/c1-13(2)9-11-20(14-6-7-14)15(12-18)8-10-19-16(21)22-17(3,4)5/h13-15H,6-12,18H2,1-5H3,(H,19,21). The van der Waals surface area contributed by atoms with Gasteiger partial charge in [-0.1, -0.05) is 13.8 Å². The summed E-state index contributed by atoms with van der Waals surface area (Å²) in [6.07, 6.45) is 4.31. The lowest BCUT2D eigenvalue weighted by Gasteiger charge is -2.32. The monoisotopic (exact) mass is 313 g/mol. The molecule has 0 saturated heterocycles. The van der Waals surface area contributed by atoms with Gasteiger partial charge in [-0.15, -0.1) is 0 Å². The van der Waals surface area contributed by atoms with Gasteiger partial charge in [-0.2, -0.15) is 0 Å². The largest absolute Gasteiger partial charge is 0.444 e. The summed E-state index contributed by atoms with van der Waals surface area (Å²) < 4.78 is 5.26. The average Bonchev–Trinajstić information content (AvgIpc) is 3.18.